The summed E-state index contributed by atoms with van der Waals surface area (Å²) in [7, 11) is 0. The zero-order valence-electron chi connectivity index (χ0n) is 13.0. The molecule has 3 heterocycles. The van der Waals surface area contributed by atoms with E-state index in [0.717, 1.165) is 60.9 Å². The highest BCUT2D eigenvalue weighted by Gasteiger charge is 2.19. The van der Waals surface area contributed by atoms with E-state index in [-0.39, 0.29) is 0 Å². The van der Waals surface area contributed by atoms with Gasteiger partial charge in [-0.3, -0.25) is 0 Å². The number of hydrogen-bond acceptors (Lipinski definition) is 5. The predicted octanol–water partition coefficient (Wildman–Crippen LogP) is 1.56. The van der Waals surface area contributed by atoms with Crippen LogP contribution in [0.5, 0.6) is 0 Å². The van der Waals surface area contributed by atoms with Gasteiger partial charge in [0.15, 0.2) is 11.5 Å². The Hall–Kier alpha value is -2.21. The van der Waals surface area contributed by atoms with E-state index < -0.39 is 0 Å². The molecule has 114 valence electrons. The monoisotopic (exact) mass is 296 g/mol. The van der Waals surface area contributed by atoms with Crippen LogP contribution in [0.25, 0.3) is 16.6 Å². The minimum Gasteiger partial charge on any atom is -0.338 e. The summed E-state index contributed by atoms with van der Waals surface area (Å²) < 4.78 is 1.92. The normalized spacial score (nSPS) is 15.8. The molecule has 3 aromatic rings. The van der Waals surface area contributed by atoms with E-state index in [1.807, 2.05) is 4.52 Å². The van der Waals surface area contributed by atoms with Gasteiger partial charge in [0.2, 0.25) is 5.95 Å². The van der Waals surface area contributed by atoms with Gasteiger partial charge in [-0.25, -0.2) is 9.97 Å². The first-order valence-corrected chi connectivity index (χ1v) is 7.88. The molecule has 0 aliphatic carbocycles. The lowest BCUT2D eigenvalue weighted by molar-refractivity contribution is 0.574. The van der Waals surface area contributed by atoms with E-state index >= 15 is 0 Å². The van der Waals surface area contributed by atoms with Gasteiger partial charge in [-0.05, 0) is 19.1 Å². The van der Waals surface area contributed by atoms with Gasteiger partial charge >= 0.3 is 0 Å². The molecule has 1 saturated heterocycles. The van der Waals surface area contributed by atoms with Crippen LogP contribution in [0.1, 0.15) is 18.3 Å². The van der Waals surface area contributed by atoms with Gasteiger partial charge in [0, 0.05) is 38.0 Å². The number of benzene rings is 1. The highest BCUT2D eigenvalue weighted by molar-refractivity contribution is 5.92. The predicted molar refractivity (Wildman–Crippen MR) is 87.5 cm³/mol. The number of piperazine rings is 1. The van der Waals surface area contributed by atoms with Crippen LogP contribution in [0.15, 0.2) is 18.2 Å². The maximum Gasteiger partial charge on any atom is 0.229 e. The molecule has 1 aromatic carbocycles. The minimum absolute atomic E-state index is 0.829. The Kier molecular flexibility index (Phi) is 3.18. The van der Waals surface area contributed by atoms with Crippen molar-refractivity contribution in [2.24, 2.45) is 0 Å². The average molecular weight is 296 g/mol. The number of nitrogens with one attached hydrogen (secondary N) is 1. The topological polar surface area (TPSA) is 58.4 Å². The molecule has 0 amide bonds. The van der Waals surface area contributed by atoms with Crippen LogP contribution in [-0.2, 0) is 6.42 Å². The Labute approximate surface area is 129 Å². The maximum absolute atomic E-state index is 4.87. The third kappa shape index (κ3) is 2.11. The van der Waals surface area contributed by atoms with E-state index in [4.69, 9.17) is 9.97 Å². The SMILES string of the molecule is CCc1nc2c3cc(C)ccc3nc(N3CCNCC3)n2n1. The molecule has 22 heavy (non-hydrogen) atoms. The highest BCUT2D eigenvalue weighted by atomic mass is 15.4. The Morgan fingerprint density at radius 1 is 1.18 bits per heavy atom. The van der Waals surface area contributed by atoms with Gasteiger partial charge < -0.3 is 10.2 Å². The molecule has 0 spiro atoms. The summed E-state index contributed by atoms with van der Waals surface area (Å²) in [5.74, 6) is 1.77. The van der Waals surface area contributed by atoms with Crippen molar-refractivity contribution in [2.75, 3.05) is 31.1 Å². The first kappa shape index (κ1) is 13.5. The second kappa shape index (κ2) is 5.21. The summed E-state index contributed by atoms with van der Waals surface area (Å²) in [5, 5.41) is 9.12. The van der Waals surface area contributed by atoms with Gasteiger partial charge in [0.1, 0.15) is 0 Å². The standard InChI is InChI=1S/C16H20N6/c1-3-14-19-15-12-10-11(2)4-5-13(12)18-16(22(15)20-14)21-8-6-17-7-9-21/h4-5,10,17H,3,6-9H2,1-2H3. The lowest BCUT2D eigenvalue weighted by atomic mass is 10.1. The van der Waals surface area contributed by atoms with Crippen LogP contribution in [0, 0.1) is 6.92 Å². The summed E-state index contributed by atoms with van der Waals surface area (Å²) in [4.78, 5) is 11.9. The number of anilines is 1. The van der Waals surface area contributed by atoms with Crippen molar-refractivity contribution in [1.29, 1.82) is 0 Å². The van der Waals surface area contributed by atoms with Gasteiger partial charge in [-0.1, -0.05) is 18.6 Å². The van der Waals surface area contributed by atoms with E-state index in [1.165, 1.54) is 5.56 Å². The Morgan fingerprint density at radius 3 is 2.77 bits per heavy atom. The van der Waals surface area contributed by atoms with Gasteiger partial charge in [-0.2, -0.15) is 4.52 Å². The molecule has 2 aromatic heterocycles. The largest absolute Gasteiger partial charge is 0.338 e. The second-order valence-corrected chi connectivity index (χ2v) is 5.79. The lowest BCUT2D eigenvalue weighted by Crippen LogP contribution is -2.44. The van der Waals surface area contributed by atoms with Crippen LogP contribution < -0.4 is 10.2 Å². The summed E-state index contributed by atoms with van der Waals surface area (Å²) in [5.41, 5.74) is 3.12. The molecule has 1 N–H and O–H groups in total. The molecular formula is C16H20N6. The Bertz CT molecular complexity index is 831. The zero-order valence-corrected chi connectivity index (χ0v) is 13.0. The molecule has 0 atom stereocenters. The number of aryl methyl sites for hydroxylation is 2. The Balaban J connectivity index is 2.01. The van der Waals surface area contributed by atoms with Crippen molar-refractivity contribution in [1.82, 2.24) is 24.9 Å². The first-order valence-electron chi connectivity index (χ1n) is 7.88. The number of nitrogens with zero attached hydrogens (tertiary/aromatic N) is 5. The Morgan fingerprint density at radius 2 is 2.00 bits per heavy atom. The summed E-state index contributed by atoms with van der Waals surface area (Å²) in [6.45, 7) is 8.02. The molecule has 1 aliphatic heterocycles. The lowest BCUT2D eigenvalue weighted by Gasteiger charge is -2.28. The molecular weight excluding hydrogens is 276 g/mol. The van der Waals surface area contributed by atoms with Gasteiger partial charge in [0.05, 0.1) is 5.52 Å². The average Bonchev–Trinajstić information content (AvgIpc) is 3.00. The fourth-order valence-electron chi connectivity index (χ4n) is 2.97. The third-order valence-electron chi connectivity index (χ3n) is 4.17. The van der Waals surface area contributed by atoms with Crippen LogP contribution in [0.4, 0.5) is 5.95 Å². The van der Waals surface area contributed by atoms with Crippen LogP contribution in [-0.4, -0.2) is 45.8 Å². The molecule has 0 unspecified atom stereocenters. The van der Waals surface area contributed by atoms with Crippen molar-refractivity contribution in [3.8, 4) is 0 Å². The minimum atomic E-state index is 0.829. The van der Waals surface area contributed by atoms with E-state index in [9.17, 15) is 0 Å². The van der Waals surface area contributed by atoms with Crippen molar-refractivity contribution < 1.29 is 0 Å². The number of rotatable bonds is 2. The van der Waals surface area contributed by atoms with Crippen LogP contribution >= 0.6 is 0 Å². The molecule has 1 fully saturated rings. The zero-order chi connectivity index (χ0) is 15.1. The fourth-order valence-corrected chi connectivity index (χ4v) is 2.97. The number of hydrogen-bond donors (Lipinski definition) is 1. The van der Waals surface area contributed by atoms with Crippen molar-refractivity contribution in [3.05, 3.63) is 29.6 Å². The molecule has 0 radical (unpaired) electrons. The summed E-state index contributed by atoms with van der Waals surface area (Å²) >= 11 is 0. The van der Waals surface area contributed by atoms with Crippen molar-refractivity contribution >= 4 is 22.5 Å². The molecule has 1 aliphatic rings. The van der Waals surface area contributed by atoms with E-state index in [2.05, 4.69) is 47.4 Å². The number of aromatic nitrogens is 4. The van der Waals surface area contributed by atoms with Gasteiger partial charge in [-0.15, -0.1) is 5.10 Å². The molecule has 6 nitrogen and oxygen atoms in total. The van der Waals surface area contributed by atoms with Crippen molar-refractivity contribution in [2.45, 2.75) is 20.3 Å². The van der Waals surface area contributed by atoms with Gasteiger partial charge in [0.25, 0.3) is 0 Å². The molecule has 4 rings (SSSR count). The summed E-state index contributed by atoms with van der Waals surface area (Å²) in [6.07, 6.45) is 0.829. The first-order chi connectivity index (χ1) is 10.8. The fraction of sp³-hybridized carbons (Fsp3) is 0.438. The van der Waals surface area contributed by atoms with E-state index in [0.29, 0.717) is 0 Å². The van der Waals surface area contributed by atoms with Crippen LogP contribution in [0.3, 0.4) is 0 Å². The summed E-state index contributed by atoms with van der Waals surface area (Å²) in [6, 6.07) is 6.33. The number of fused-ring (bicyclic) bond motifs is 3. The smallest absolute Gasteiger partial charge is 0.229 e. The maximum atomic E-state index is 4.87. The second-order valence-electron chi connectivity index (χ2n) is 5.79. The van der Waals surface area contributed by atoms with Crippen LogP contribution in [0.2, 0.25) is 0 Å². The third-order valence-corrected chi connectivity index (χ3v) is 4.17. The molecule has 6 heteroatoms. The quantitative estimate of drug-likeness (QED) is 0.777. The molecule has 0 saturated carbocycles. The highest BCUT2D eigenvalue weighted by Crippen LogP contribution is 2.24. The van der Waals surface area contributed by atoms with Crippen molar-refractivity contribution in [3.63, 3.8) is 0 Å². The molecule has 0 bridgehead atoms. The van der Waals surface area contributed by atoms with E-state index in [1.54, 1.807) is 0 Å².